The van der Waals surface area contributed by atoms with Crippen molar-refractivity contribution in [3.8, 4) is 11.5 Å². The summed E-state index contributed by atoms with van der Waals surface area (Å²) in [6.07, 6.45) is 0.635. The van der Waals surface area contributed by atoms with Crippen molar-refractivity contribution < 1.29 is 4.79 Å². The molecule has 0 saturated carbocycles. The standard InChI is InChI=1S/C16H15BrN4O3/c1-9(22)10-4-5-12-11(8-10)18-13-14(20(12)2)19-16(24)21(15(13)23)7-3-6-17/h4-5,8H,3,6-7H2,1-2H3. The summed E-state index contributed by atoms with van der Waals surface area (Å²) in [7, 11) is 1.72. The number of rotatable bonds is 4. The highest BCUT2D eigenvalue weighted by Gasteiger charge is 2.20. The normalized spacial score (nSPS) is 11.3. The SMILES string of the molecule is CC(=O)c1ccc2c(c1)nc1c(=O)n(CCCBr)c(=O)nc-1n2C. The zero-order valence-electron chi connectivity index (χ0n) is 13.2. The van der Waals surface area contributed by atoms with Crippen molar-refractivity contribution in [3.63, 3.8) is 0 Å². The molecule has 124 valence electrons. The Morgan fingerprint density at radius 3 is 2.67 bits per heavy atom. The number of aromatic nitrogens is 4. The molecule has 2 aliphatic heterocycles. The van der Waals surface area contributed by atoms with Crippen LogP contribution < -0.4 is 11.2 Å². The first-order valence-corrected chi connectivity index (χ1v) is 8.54. The first-order valence-electron chi connectivity index (χ1n) is 7.42. The van der Waals surface area contributed by atoms with Crippen LogP contribution in [0.1, 0.15) is 23.7 Å². The highest BCUT2D eigenvalue weighted by molar-refractivity contribution is 9.09. The monoisotopic (exact) mass is 390 g/mol. The Morgan fingerprint density at radius 2 is 2.00 bits per heavy atom. The van der Waals surface area contributed by atoms with Crippen LogP contribution in [0.4, 0.5) is 0 Å². The Morgan fingerprint density at radius 1 is 1.25 bits per heavy atom. The molecule has 2 heterocycles. The minimum atomic E-state index is -0.578. The number of halogens is 1. The Balaban J connectivity index is 2.36. The van der Waals surface area contributed by atoms with Crippen molar-refractivity contribution >= 4 is 32.7 Å². The van der Waals surface area contributed by atoms with Gasteiger partial charge in [-0.25, -0.2) is 9.78 Å². The van der Waals surface area contributed by atoms with E-state index in [9.17, 15) is 14.4 Å². The van der Waals surface area contributed by atoms with Gasteiger partial charge in [0.1, 0.15) is 0 Å². The second-order valence-electron chi connectivity index (χ2n) is 5.50. The van der Waals surface area contributed by atoms with Crippen LogP contribution in [-0.2, 0) is 13.6 Å². The van der Waals surface area contributed by atoms with Crippen molar-refractivity contribution in [2.75, 3.05) is 5.33 Å². The molecule has 0 amide bonds. The average molecular weight is 391 g/mol. The second kappa shape index (κ2) is 6.27. The fourth-order valence-electron chi connectivity index (χ4n) is 2.61. The van der Waals surface area contributed by atoms with Crippen LogP contribution in [0.25, 0.3) is 22.6 Å². The Kier molecular flexibility index (Phi) is 4.31. The maximum atomic E-state index is 12.6. The van der Waals surface area contributed by atoms with Crippen LogP contribution >= 0.6 is 15.9 Å². The lowest BCUT2D eigenvalue weighted by molar-refractivity contribution is 0.101. The van der Waals surface area contributed by atoms with Crippen LogP contribution in [0.5, 0.6) is 0 Å². The topological polar surface area (TPSA) is 86.8 Å². The van der Waals surface area contributed by atoms with Crippen molar-refractivity contribution in [1.82, 2.24) is 19.1 Å². The molecule has 24 heavy (non-hydrogen) atoms. The average Bonchev–Trinajstić information content (AvgIpc) is 2.55. The van der Waals surface area contributed by atoms with Crippen molar-refractivity contribution in [3.05, 3.63) is 44.6 Å². The molecule has 0 N–H and O–H groups in total. The maximum Gasteiger partial charge on any atom is 0.352 e. The third kappa shape index (κ3) is 2.66. The van der Waals surface area contributed by atoms with E-state index in [1.54, 1.807) is 29.8 Å². The highest BCUT2D eigenvalue weighted by atomic mass is 79.9. The van der Waals surface area contributed by atoms with E-state index in [0.29, 0.717) is 28.3 Å². The summed E-state index contributed by atoms with van der Waals surface area (Å²) in [5, 5.41) is 0.678. The molecule has 1 aromatic rings. The van der Waals surface area contributed by atoms with Gasteiger partial charge in [0.25, 0.3) is 5.56 Å². The molecule has 0 aliphatic carbocycles. The molecule has 3 rings (SSSR count). The van der Waals surface area contributed by atoms with Gasteiger partial charge >= 0.3 is 5.69 Å². The van der Waals surface area contributed by atoms with E-state index >= 15 is 0 Å². The van der Waals surface area contributed by atoms with Crippen molar-refractivity contribution in [2.24, 2.45) is 7.05 Å². The van der Waals surface area contributed by atoms with Gasteiger partial charge in [-0.15, -0.1) is 0 Å². The molecular weight excluding hydrogens is 376 g/mol. The van der Waals surface area contributed by atoms with Gasteiger partial charge < -0.3 is 4.57 Å². The van der Waals surface area contributed by atoms with Gasteiger partial charge in [0.2, 0.25) is 0 Å². The molecule has 0 bridgehead atoms. The number of carbonyl (C=O) groups is 1. The van der Waals surface area contributed by atoms with Gasteiger partial charge in [-0.05, 0) is 31.5 Å². The smallest absolute Gasteiger partial charge is 0.325 e. The number of benzene rings is 1. The number of alkyl halides is 1. The van der Waals surface area contributed by atoms with E-state index in [4.69, 9.17) is 0 Å². The predicted octanol–water partition coefficient (Wildman–Crippen LogP) is 1.58. The molecule has 2 aliphatic rings. The number of fused-ring (bicyclic) bond motifs is 2. The molecule has 0 saturated heterocycles. The van der Waals surface area contributed by atoms with E-state index < -0.39 is 11.2 Å². The van der Waals surface area contributed by atoms with E-state index in [2.05, 4.69) is 25.9 Å². The molecule has 0 aromatic heterocycles. The number of hydrogen-bond donors (Lipinski definition) is 0. The van der Waals surface area contributed by atoms with Gasteiger partial charge in [-0.3, -0.25) is 14.2 Å². The van der Waals surface area contributed by atoms with Crippen molar-refractivity contribution in [2.45, 2.75) is 19.9 Å². The molecule has 0 spiro atoms. The Bertz CT molecular complexity index is 1040. The van der Waals surface area contributed by atoms with Crippen LogP contribution in [0.3, 0.4) is 0 Å². The molecule has 0 fully saturated rings. The minimum Gasteiger partial charge on any atom is -0.325 e. The molecule has 1 aromatic carbocycles. The van der Waals surface area contributed by atoms with Crippen LogP contribution in [0, 0.1) is 0 Å². The van der Waals surface area contributed by atoms with Gasteiger partial charge in [0.15, 0.2) is 17.3 Å². The largest absolute Gasteiger partial charge is 0.352 e. The fraction of sp³-hybridized carbons (Fsp3) is 0.312. The molecule has 0 atom stereocenters. The number of ketones is 1. The third-order valence-corrected chi connectivity index (χ3v) is 4.46. The van der Waals surface area contributed by atoms with Crippen LogP contribution in [0.15, 0.2) is 27.8 Å². The maximum absolute atomic E-state index is 12.6. The van der Waals surface area contributed by atoms with Crippen LogP contribution in [0.2, 0.25) is 0 Å². The van der Waals surface area contributed by atoms with Gasteiger partial charge in [-0.1, -0.05) is 15.9 Å². The number of Topliss-reactive ketones (excluding diaryl/α,β-unsaturated/α-hetero) is 1. The molecule has 7 nitrogen and oxygen atoms in total. The summed E-state index contributed by atoms with van der Waals surface area (Å²) >= 11 is 3.28. The van der Waals surface area contributed by atoms with E-state index in [-0.39, 0.29) is 23.8 Å². The lowest BCUT2D eigenvalue weighted by Gasteiger charge is -2.14. The summed E-state index contributed by atoms with van der Waals surface area (Å²) in [5.41, 5.74) is 0.809. The molecule has 8 heteroatoms. The predicted molar refractivity (Wildman–Crippen MR) is 94.1 cm³/mol. The minimum absolute atomic E-state index is 0.0794. The number of hydrogen-bond acceptors (Lipinski definition) is 5. The van der Waals surface area contributed by atoms with E-state index in [0.717, 1.165) is 4.57 Å². The summed E-state index contributed by atoms with van der Waals surface area (Å²) in [5.74, 6) is 0.160. The molecule has 0 radical (unpaired) electrons. The number of aryl methyl sites for hydroxylation is 1. The van der Waals surface area contributed by atoms with E-state index in [1.165, 1.54) is 6.92 Å². The summed E-state index contributed by atoms with van der Waals surface area (Å²) < 4.78 is 2.75. The summed E-state index contributed by atoms with van der Waals surface area (Å²) in [6.45, 7) is 1.75. The molecule has 0 unspecified atom stereocenters. The van der Waals surface area contributed by atoms with Crippen LogP contribution in [-0.4, -0.2) is 30.2 Å². The lowest BCUT2D eigenvalue weighted by atomic mass is 10.1. The van der Waals surface area contributed by atoms with Gasteiger partial charge in [0, 0.05) is 24.5 Å². The first kappa shape index (κ1) is 16.5. The lowest BCUT2D eigenvalue weighted by Crippen LogP contribution is -2.38. The summed E-state index contributed by atoms with van der Waals surface area (Å²) in [6, 6.07) is 5.07. The number of carbonyl (C=O) groups excluding carboxylic acids is 1. The quantitative estimate of drug-likeness (QED) is 0.383. The Hall–Kier alpha value is -2.35. The third-order valence-electron chi connectivity index (χ3n) is 3.90. The zero-order chi connectivity index (χ0) is 17.4. The zero-order valence-corrected chi connectivity index (χ0v) is 14.8. The van der Waals surface area contributed by atoms with Gasteiger partial charge in [-0.2, -0.15) is 4.98 Å². The second-order valence-corrected chi connectivity index (χ2v) is 6.29. The fourth-order valence-corrected chi connectivity index (χ4v) is 2.86. The Labute approximate surface area is 145 Å². The highest BCUT2D eigenvalue weighted by Crippen LogP contribution is 2.20. The van der Waals surface area contributed by atoms with E-state index in [1.807, 2.05) is 0 Å². The van der Waals surface area contributed by atoms with Gasteiger partial charge in [0.05, 0.1) is 11.0 Å². The summed E-state index contributed by atoms with van der Waals surface area (Å²) in [4.78, 5) is 44.7. The molecular formula is C16H15BrN4O3. The first-order chi connectivity index (χ1) is 11.4. The number of nitrogens with zero attached hydrogens (tertiary/aromatic N) is 4. The van der Waals surface area contributed by atoms with Crippen molar-refractivity contribution in [1.29, 1.82) is 0 Å².